The number of carbonyl (C=O) groups excluding carboxylic acids is 1. The number of hydrogen-bond acceptors (Lipinski definition) is 2. The summed E-state index contributed by atoms with van der Waals surface area (Å²) in [5.41, 5.74) is 0.345. The lowest BCUT2D eigenvalue weighted by Crippen LogP contribution is -2.51. The van der Waals surface area contributed by atoms with Gasteiger partial charge >= 0.3 is 6.03 Å². The van der Waals surface area contributed by atoms with Crippen LogP contribution in [0.5, 0.6) is 0 Å². The van der Waals surface area contributed by atoms with Crippen LogP contribution in [-0.4, -0.2) is 41.8 Å². The van der Waals surface area contributed by atoms with Crippen LogP contribution in [0.3, 0.4) is 0 Å². The Hall–Kier alpha value is -0.770. The Bertz CT molecular complexity index is 313. The third-order valence-corrected chi connectivity index (χ3v) is 4.55. The van der Waals surface area contributed by atoms with Gasteiger partial charge in [-0.05, 0) is 43.4 Å². The molecule has 2 amide bonds. The Balaban J connectivity index is 1.79. The van der Waals surface area contributed by atoms with E-state index < -0.39 is 0 Å². The van der Waals surface area contributed by atoms with E-state index in [-0.39, 0.29) is 12.1 Å². The second-order valence-corrected chi connectivity index (χ2v) is 6.85. The van der Waals surface area contributed by atoms with Crippen molar-refractivity contribution in [2.75, 3.05) is 19.6 Å². The minimum absolute atomic E-state index is 0.00813. The molecular weight excluding hydrogens is 240 g/mol. The van der Waals surface area contributed by atoms with Crippen LogP contribution in [-0.2, 0) is 0 Å². The van der Waals surface area contributed by atoms with Gasteiger partial charge in [-0.2, -0.15) is 0 Å². The van der Waals surface area contributed by atoms with Gasteiger partial charge in [0.15, 0.2) is 0 Å². The molecule has 2 aliphatic rings. The summed E-state index contributed by atoms with van der Waals surface area (Å²) in [6, 6.07) is 0.00813. The normalized spacial score (nSPS) is 26.1. The number of nitrogens with one attached hydrogen (secondary N) is 1. The highest BCUT2D eigenvalue weighted by Crippen LogP contribution is 2.45. The van der Waals surface area contributed by atoms with Crippen molar-refractivity contribution in [1.29, 1.82) is 0 Å². The van der Waals surface area contributed by atoms with Crippen molar-refractivity contribution < 1.29 is 9.90 Å². The maximum absolute atomic E-state index is 12.1. The Morgan fingerprint density at radius 3 is 2.68 bits per heavy atom. The molecule has 2 rings (SSSR count). The van der Waals surface area contributed by atoms with Crippen molar-refractivity contribution in [1.82, 2.24) is 10.2 Å². The molecule has 1 aliphatic carbocycles. The largest absolute Gasteiger partial charge is 0.391 e. The van der Waals surface area contributed by atoms with E-state index in [9.17, 15) is 9.90 Å². The Kier molecular flexibility index (Phi) is 4.71. The minimum atomic E-state index is -0.340. The quantitative estimate of drug-likeness (QED) is 0.822. The molecule has 2 N–H and O–H groups in total. The Labute approximate surface area is 116 Å². The summed E-state index contributed by atoms with van der Waals surface area (Å²) < 4.78 is 0. The first-order valence-corrected chi connectivity index (χ1v) is 7.72. The SMILES string of the molecule is CC(C)CC1(CNC(=O)N2CCCC(O)C2)CCC1. The van der Waals surface area contributed by atoms with Gasteiger partial charge in [0.2, 0.25) is 0 Å². The molecule has 1 saturated carbocycles. The number of nitrogens with zero attached hydrogens (tertiary/aromatic N) is 1. The zero-order valence-electron chi connectivity index (χ0n) is 12.3. The third kappa shape index (κ3) is 3.85. The molecule has 2 fully saturated rings. The van der Waals surface area contributed by atoms with E-state index in [0.717, 1.165) is 25.9 Å². The third-order valence-electron chi connectivity index (χ3n) is 4.55. The number of likely N-dealkylation sites (tertiary alicyclic amines) is 1. The first-order valence-electron chi connectivity index (χ1n) is 7.72. The highest BCUT2D eigenvalue weighted by atomic mass is 16.3. The molecule has 110 valence electrons. The van der Waals surface area contributed by atoms with E-state index >= 15 is 0 Å². The van der Waals surface area contributed by atoms with E-state index in [1.807, 2.05) is 0 Å². The number of aliphatic hydroxyl groups is 1. The second kappa shape index (κ2) is 6.12. The van der Waals surface area contributed by atoms with Crippen LogP contribution in [0.2, 0.25) is 0 Å². The average molecular weight is 268 g/mol. The number of piperidine rings is 1. The van der Waals surface area contributed by atoms with Gasteiger partial charge in [-0.1, -0.05) is 20.3 Å². The van der Waals surface area contributed by atoms with Crippen molar-refractivity contribution in [2.45, 2.75) is 58.5 Å². The summed E-state index contributed by atoms with van der Waals surface area (Å²) in [6.45, 7) is 6.57. The van der Waals surface area contributed by atoms with Crippen LogP contribution in [0.25, 0.3) is 0 Å². The smallest absolute Gasteiger partial charge is 0.317 e. The van der Waals surface area contributed by atoms with Crippen LogP contribution < -0.4 is 5.32 Å². The molecule has 1 saturated heterocycles. The van der Waals surface area contributed by atoms with Crippen LogP contribution in [0.4, 0.5) is 4.79 Å². The zero-order chi connectivity index (χ0) is 13.9. The monoisotopic (exact) mass is 268 g/mol. The molecule has 1 aliphatic heterocycles. The second-order valence-electron chi connectivity index (χ2n) is 6.85. The van der Waals surface area contributed by atoms with Crippen molar-refractivity contribution in [2.24, 2.45) is 11.3 Å². The number of aliphatic hydroxyl groups excluding tert-OH is 1. The lowest BCUT2D eigenvalue weighted by Gasteiger charge is -2.44. The molecule has 19 heavy (non-hydrogen) atoms. The molecule has 0 spiro atoms. The average Bonchev–Trinajstić information content (AvgIpc) is 2.31. The summed E-state index contributed by atoms with van der Waals surface area (Å²) in [6.07, 6.45) is 6.38. The molecule has 0 bridgehead atoms. The predicted molar refractivity (Wildman–Crippen MR) is 76.0 cm³/mol. The van der Waals surface area contributed by atoms with E-state index in [1.165, 1.54) is 25.7 Å². The fourth-order valence-electron chi connectivity index (χ4n) is 3.51. The highest BCUT2D eigenvalue weighted by molar-refractivity contribution is 5.74. The van der Waals surface area contributed by atoms with Gasteiger partial charge in [0.05, 0.1) is 6.10 Å². The lowest BCUT2D eigenvalue weighted by atomic mass is 9.64. The van der Waals surface area contributed by atoms with Gasteiger partial charge in [0, 0.05) is 19.6 Å². The fourth-order valence-corrected chi connectivity index (χ4v) is 3.51. The first kappa shape index (κ1) is 14.6. The molecule has 1 unspecified atom stereocenters. The van der Waals surface area contributed by atoms with Gasteiger partial charge < -0.3 is 15.3 Å². The number of rotatable bonds is 4. The first-order chi connectivity index (χ1) is 9.01. The highest BCUT2D eigenvalue weighted by Gasteiger charge is 2.38. The predicted octanol–water partition coefficient (Wildman–Crippen LogP) is 2.37. The van der Waals surface area contributed by atoms with Crippen molar-refractivity contribution >= 4 is 6.03 Å². The van der Waals surface area contributed by atoms with Crippen LogP contribution >= 0.6 is 0 Å². The van der Waals surface area contributed by atoms with E-state index in [0.29, 0.717) is 17.9 Å². The summed E-state index contributed by atoms with van der Waals surface area (Å²) in [5.74, 6) is 0.689. The van der Waals surface area contributed by atoms with Crippen molar-refractivity contribution in [3.8, 4) is 0 Å². The zero-order valence-corrected chi connectivity index (χ0v) is 12.3. The summed E-state index contributed by atoms with van der Waals surface area (Å²) >= 11 is 0. The molecule has 4 nitrogen and oxygen atoms in total. The number of urea groups is 1. The molecular formula is C15H28N2O2. The maximum atomic E-state index is 12.1. The number of amides is 2. The summed E-state index contributed by atoms with van der Waals surface area (Å²) in [4.78, 5) is 13.9. The molecule has 0 aromatic carbocycles. The summed E-state index contributed by atoms with van der Waals surface area (Å²) in [5, 5.41) is 12.7. The van der Waals surface area contributed by atoms with Crippen molar-refractivity contribution in [3.05, 3.63) is 0 Å². The van der Waals surface area contributed by atoms with Gasteiger partial charge in [0.25, 0.3) is 0 Å². The molecule has 1 heterocycles. The van der Waals surface area contributed by atoms with Crippen LogP contribution in [0.1, 0.15) is 52.4 Å². The fraction of sp³-hybridized carbons (Fsp3) is 0.933. The lowest BCUT2D eigenvalue weighted by molar-refractivity contribution is 0.0745. The number of carbonyl (C=O) groups is 1. The van der Waals surface area contributed by atoms with E-state index in [2.05, 4.69) is 19.2 Å². The molecule has 0 aromatic rings. The van der Waals surface area contributed by atoms with Gasteiger partial charge in [-0.3, -0.25) is 0 Å². The van der Waals surface area contributed by atoms with Crippen molar-refractivity contribution in [3.63, 3.8) is 0 Å². The van der Waals surface area contributed by atoms with E-state index in [4.69, 9.17) is 0 Å². The number of hydrogen-bond donors (Lipinski definition) is 2. The van der Waals surface area contributed by atoms with E-state index in [1.54, 1.807) is 4.90 Å². The molecule has 1 atom stereocenters. The molecule has 0 radical (unpaired) electrons. The summed E-state index contributed by atoms with van der Waals surface area (Å²) in [7, 11) is 0. The maximum Gasteiger partial charge on any atom is 0.317 e. The Morgan fingerprint density at radius 1 is 1.42 bits per heavy atom. The minimum Gasteiger partial charge on any atom is -0.391 e. The molecule has 0 aromatic heterocycles. The standard InChI is InChI=1S/C15H28N2O2/c1-12(2)9-15(6-4-7-15)11-16-14(19)17-8-3-5-13(18)10-17/h12-13,18H,3-11H2,1-2H3,(H,16,19). The van der Waals surface area contributed by atoms with Gasteiger partial charge in [-0.25, -0.2) is 4.79 Å². The Morgan fingerprint density at radius 2 is 2.16 bits per heavy atom. The number of β-amino-alcohol motifs (C(OH)–C–C–N with tert-alkyl or cyclic N) is 1. The van der Waals surface area contributed by atoms with Gasteiger partial charge in [-0.15, -0.1) is 0 Å². The topological polar surface area (TPSA) is 52.6 Å². The van der Waals surface area contributed by atoms with Crippen LogP contribution in [0, 0.1) is 11.3 Å². The molecule has 4 heteroatoms. The van der Waals surface area contributed by atoms with Crippen LogP contribution in [0.15, 0.2) is 0 Å². The van der Waals surface area contributed by atoms with Gasteiger partial charge in [0.1, 0.15) is 0 Å².